The third-order valence-corrected chi connectivity index (χ3v) is 7.78. The topological polar surface area (TPSA) is 97.5 Å². The number of rotatable bonds is 2. The van der Waals surface area contributed by atoms with E-state index in [0.29, 0.717) is 13.1 Å². The largest absolute Gasteiger partial charge is 0.327 e. The minimum absolute atomic E-state index is 0.0171. The van der Waals surface area contributed by atoms with Crippen LogP contribution in [-0.2, 0) is 19.9 Å². The van der Waals surface area contributed by atoms with E-state index in [9.17, 15) is 16.8 Å². The van der Waals surface area contributed by atoms with Crippen molar-refractivity contribution in [1.82, 2.24) is 4.31 Å². The fourth-order valence-electron chi connectivity index (χ4n) is 2.58. The lowest BCUT2D eigenvalue weighted by molar-refractivity contribution is 0.311. The normalized spacial score (nSPS) is 31.3. The SMILES string of the molecule is NC1CCCN(S(=O)(=O)C2CCS(=O)(=O)CC2)C1. The number of nitrogens with two attached hydrogens (primary N) is 1. The fraction of sp³-hybridized carbons (Fsp3) is 1.00. The van der Waals surface area contributed by atoms with Crippen LogP contribution in [0.3, 0.4) is 0 Å². The van der Waals surface area contributed by atoms with Crippen LogP contribution >= 0.6 is 0 Å². The average molecular weight is 296 g/mol. The Morgan fingerprint density at radius 3 is 2.28 bits per heavy atom. The third kappa shape index (κ3) is 3.04. The van der Waals surface area contributed by atoms with E-state index in [-0.39, 0.29) is 30.4 Å². The molecular weight excluding hydrogens is 276 g/mol. The Morgan fingerprint density at radius 2 is 1.72 bits per heavy atom. The van der Waals surface area contributed by atoms with Crippen LogP contribution in [0.4, 0.5) is 0 Å². The van der Waals surface area contributed by atoms with Crippen LogP contribution in [-0.4, -0.2) is 57.0 Å². The molecule has 0 aromatic heterocycles. The molecule has 6 nitrogen and oxygen atoms in total. The Kier molecular flexibility index (Phi) is 4.01. The summed E-state index contributed by atoms with van der Waals surface area (Å²) in [6, 6.07) is -0.0964. The second-order valence-corrected chi connectivity index (χ2v) is 9.67. The zero-order valence-electron chi connectivity index (χ0n) is 10.3. The van der Waals surface area contributed by atoms with Gasteiger partial charge in [0, 0.05) is 19.1 Å². The Labute approximate surface area is 108 Å². The maximum atomic E-state index is 12.4. The van der Waals surface area contributed by atoms with Crippen LogP contribution in [0.5, 0.6) is 0 Å². The second kappa shape index (κ2) is 5.07. The standard InChI is InChI=1S/C10H20N2O4S2/c11-9-2-1-5-12(8-9)18(15,16)10-3-6-17(13,14)7-4-10/h9-10H,1-8,11H2. The van der Waals surface area contributed by atoms with Crippen LogP contribution in [0, 0.1) is 0 Å². The predicted molar refractivity (Wildman–Crippen MR) is 69.4 cm³/mol. The van der Waals surface area contributed by atoms with Gasteiger partial charge in [0.25, 0.3) is 0 Å². The van der Waals surface area contributed by atoms with Crippen molar-refractivity contribution in [2.24, 2.45) is 5.73 Å². The number of piperidine rings is 1. The Morgan fingerprint density at radius 1 is 1.11 bits per heavy atom. The van der Waals surface area contributed by atoms with E-state index in [1.54, 1.807) is 0 Å². The van der Waals surface area contributed by atoms with Gasteiger partial charge in [0.2, 0.25) is 10.0 Å². The van der Waals surface area contributed by atoms with Gasteiger partial charge in [-0.3, -0.25) is 0 Å². The van der Waals surface area contributed by atoms with Crippen molar-refractivity contribution < 1.29 is 16.8 Å². The van der Waals surface area contributed by atoms with Crippen molar-refractivity contribution in [2.45, 2.75) is 37.0 Å². The number of sulfonamides is 1. The summed E-state index contributed by atoms with van der Waals surface area (Å²) >= 11 is 0. The maximum absolute atomic E-state index is 12.4. The predicted octanol–water partition coefficient (Wildman–Crippen LogP) is -0.683. The van der Waals surface area contributed by atoms with Gasteiger partial charge in [0.1, 0.15) is 9.84 Å². The summed E-state index contributed by atoms with van der Waals surface area (Å²) in [5.74, 6) is -0.0341. The van der Waals surface area contributed by atoms with Crippen molar-refractivity contribution in [2.75, 3.05) is 24.6 Å². The van der Waals surface area contributed by atoms with Gasteiger partial charge >= 0.3 is 0 Å². The number of nitrogens with zero attached hydrogens (tertiary/aromatic N) is 1. The number of sulfone groups is 1. The molecule has 2 fully saturated rings. The van der Waals surface area contributed by atoms with Crippen molar-refractivity contribution in [3.63, 3.8) is 0 Å². The second-order valence-electron chi connectivity index (χ2n) is 5.16. The molecule has 0 aliphatic carbocycles. The van der Waals surface area contributed by atoms with E-state index in [4.69, 9.17) is 5.73 Å². The summed E-state index contributed by atoms with van der Waals surface area (Å²) in [7, 11) is -6.40. The third-order valence-electron chi connectivity index (χ3n) is 3.70. The molecule has 2 aliphatic heterocycles. The van der Waals surface area contributed by atoms with Gasteiger partial charge in [-0.25, -0.2) is 21.1 Å². The monoisotopic (exact) mass is 296 g/mol. The molecule has 106 valence electrons. The molecule has 2 N–H and O–H groups in total. The van der Waals surface area contributed by atoms with Gasteiger partial charge in [-0.1, -0.05) is 0 Å². The minimum Gasteiger partial charge on any atom is -0.327 e. The van der Waals surface area contributed by atoms with E-state index in [1.165, 1.54) is 4.31 Å². The first kappa shape index (κ1) is 14.2. The quantitative estimate of drug-likeness (QED) is 0.728. The lowest BCUT2D eigenvalue weighted by Crippen LogP contribution is -2.50. The zero-order valence-corrected chi connectivity index (χ0v) is 11.9. The van der Waals surface area contributed by atoms with Gasteiger partial charge < -0.3 is 5.73 Å². The van der Waals surface area contributed by atoms with Gasteiger partial charge in [-0.2, -0.15) is 0 Å². The summed E-state index contributed by atoms with van der Waals surface area (Å²) in [5, 5.41) is -0.550. The van der Waals surface area contributed by atoms with E-state index in [2.05, 4.69) is 0 Å². The lowest BCUT2D eigenvalue weighted by atomic mass is 10.1. The van der Waals surface area contributed by atoms with Gasteiger partial charge in [-0.05, 0) is 25.7 Å². The highest BCUT2D eigenvalue weighted by Gasteiger charge is 2.37. The van der Waals surface area contributed by atoms with Crippen LogP contribution in [0.15, 0.2) is 0 Å². The first-order chi connectivity index (χ1) is 8.31. The first-order valence-electron chi connectivity index (χ1n) is 6.26. The molecule has 18 heavy (non-hydrogen) atoms. The van der Waals surface area contributed by atoms with E-state index < -0.39 is 25.1 Å². The Hall–Kier alpha value is -0.180. The number of hydrogen-bond acceptors (Lipinski definition) is 5. The molecule has 0 spiro atoms. The summed E-state index contributed by atoms with van der Waals surface area (Å²) in [5.41, 5.74) is 5.79. The van der Waals surface area contributed by atoms with Gasteiger partial charge in [-0.15, -0.1) is 0 Å². The highest BCUT2D eigenvalue weighted by molar-refractivity contribution is 7.92. The van der Waals surface area contributed by atoms with Crippen LogP contribution in [0.1, 0.15) is 25.7 Å². The van der Waals surface area contributed by atoms with Gasteiger partial charge in [0.05, 0.1) is 16.8 Å². The molecule has 0 radical (unpaired) electrons. The fourth-order valence-corrected chi connectivity index (χ4v) is 6.41. The summed E-state index contributed by atoms with van der Waals surface area (Å²) in [4.78, 5) is 0. The Bertz CT molecular complexity index is 486. The lowest BCUT2D eigenvalue weighted by Gasteiger charge is -2.34. The van der Waals surface area contributed by atoms with Crippen molar-refractivity contribution in [3.05, 3.63) is 0 Å². The van der Waals surface area contributed by atoms with E-state index in [0.717, 1.165) is 12.8 Å². The van der Waals surface area contributed by atoms with Gasteiger partial charge in [0.15, 0.2) is 0 Å². The van der Waals surface area contributed by atoms with Crippen LogP contribution in [0.2, 0.25) is 0 Å². The summed E-state index contributed by atoms with van der Waals surface area (Å²) < 4.78 is 48.8. The minimum atomic E-state index is -3.38. The number of hydrogen-bond donors (Lipinski definition) is 1. The molecule has 2 rings (SSSR count). The molecular formula is C10H20N2O4S2. The van der Waals surface area contributed by atoms with Crippen molar-refractivity contribution >= 4 is 19.9 Å². The molecule has 0 bridgehead atoms. The summed E-state index contributed by atoms with van der Waals surface area (Å²) in [6.45, 7) is 0.880. The van der Waals surface area contributed by atoms with E-state index in [1.807, 2.05) is 0 Å². The molecule has 0 saturated carbocycles. The van der Waals surface area contributed by atoms with Crippen LogP contribution in [0.25, 0.3) is 0 Å². The molecule has 2 aliphatic rings. The average Bonchev–Trinajstić information content (AvgIpc) is 2.28. The Balaban J connectivity index is 2.07. The highest BCUT2D eigenvalue weighted by Crippen LogP contribution is 2.24. The molecule has 0 amide bonds. The molecule has 2 saturated heterocycles. The molecule has 1 atom stereocenters. The molecule has 0 aromatic carbocycles. The van der Waals surface area contributed by atoms with E-state index >= 15 is 0 Å². The van der Waals surface area contributed by atoms with Crippen molar-refractivity contribution in [3.8, 4) is 0 Å². The molecule has 2 heterocycles. The maximum Gasteiger partial charge on any atom is 0.217 e. The highest BCUT2D eigenvalue weighted by atomic mass is 32.2. The summed E-state index contributed by atoms with van der Waals surface area (Å²) in [6.07, 6.45) is 2.07. The molecule has 8 heteroatoms. The smallest absolute Gasteiger partial charge is 0.217 e. The first-order valence-corrected chi connectivity index (χ1v) is 9.59. The van der Waals surface area contributed by atoms with Crippen molar-refractivity contribution in [1.29, 1.82) is 0 Å². The molecule has 1 unspecified atom stereocenters. The zero-order chi connectivity index (χ0) is 13.4. The molecule has 0 aromatic rings. The van der Waals surface area contributed by atoms with Crippen LogP contribution < -0.4 is 5.73 Å².